The average molecular weight is 391 g/mol. The van der Waals surface area contributed by atoms with Gasteiger partial charge >= 0.3 is 0 Å². The van der Waals surface area contributed by atoms with E-state index in [0.29, 0.717) is 11.8 Å². The van der Waals surface area contributed by atoms with Crippen LogP contribution in [0.1, 0.15) is 62.1 Å². The number of rotatable bonds is 8. The van der Waals surface area contributed by atoms with Crippen LogP contribution in [-0.4, -0.2) is 17.5 Å². The largest absolute Gasteiger partial charge is 0.289 e. The van der Waals surface area contributed by atoms with Crippen molar-refractivity contribution in [3.63, 3.8) is 0 Å². The summed E-state index contributed by atoms with van der Waals surface area (Å²) >= 11 is 11.7. The van der Waals surface area contributed by atoms with Crippen LogP contribution in [0.3, 0.4) is 0 Å². The molecule has 0 fully saturated rings. The van der Waals surface area contributed by atoms with E-state index in [2.05, 4.69) is 27.7 Å². The molecule has 0 radical (unpaired) electrons. The Morgan fingerprint density at radius 3 is 1.27 bits per heavy atom. The summed E-state index contributed by atoms with van der Waals surface area (Å²) in [4.78, 5) is 13.1. The number of hydrogen-bond donors (Lipinski definition) is 0. The number of aryl methyl sites for hydroxylation is 4. The maximum Gasteiger partial charge on any atom is 0.193 e. The van der Waals surface area contributed by atoms with E-state index >= 15 is 0 Å². The Hall–Kier alpha value is -1.31. The second-order valence-corrected chi connectivity index (χ2v) is 7.85. The van der Waals surface area contributed by atoms with Crippen molar-refractivity contribution in [2.75, 3.05) is 11.8 Å². The number of carbonyl (C=O) groups excluding carboxylic acids is 1. The molecule has 0 aliphatic carbocycles. The molecule has 0 aliphatic heterocycles. The predicted molar refractivity (Wildman–Crippen MR) is 113 cm³/mol. The van der Waals surface area contributed by atoms with Crippen LogP contribution in [0.2, 0.25) is 0 Å². The van der Waals surface area contributed by atoms with E-state index in [-0.39, 0.29) is 5.78 Å². The van der Waals surface area contributed by atoms with E-state index in [1.165, 1.54) is 33.4 Å². The van der Waals surface area contributed by atoms with E-state index < -0.39 is 0 Å². The van der Waals surface area contributed by atoms with Gasteiger partial charge in [0.1, 0.15) is 0 Å². The molecule has 0 aliphatic rings. The van der Waals surface area contributed by atoms with Crippen LogP contribution in [-0.2, 0) is 12.8 Å². The number of alkyl halides is 2. The highest BCUT2D eigenvalue weighted by molar-refractivity contribution is 6.18. The number of benzene rings is 2. The van der Waals surface area contributed by atoms with Crippen LogP contribution in [0.5, 0.6) is 0 Å². The second kappa shape index (κ2) is 9.58. The van der Waals surface area contributed by atoms with E-state index in [9.17, 15) is 4.79 Å². The number of ketones is 1. The molecule has 0 saturated heterocycles. The predicted octanol–water partition coefficient (Wildman–Crippen LogP) is 6.49. The first-order valence-electron chi connectivity index (χ1n) is 9.26. The molecule has 0 unspecified atom stereocenters. The van der Waals surface area contributed by atoms with Gasteiger partial charge in [-0.05, 0) is 111 Å². The molecule has 26 heavy (non-hydrogen) atoms. The summed E-state index contributed by atoms with van der Waals surface area (Å²) in [5.41, 5.74) is 8.84. The molecule has 0 atom stereocenters. The van der Waals surface area contributed by atoms with Gasteiger partial charge in [-0.2, -0.15) is 0 Å². The minimum atomic E-state index is 0.0928. The highest BCUT2D eigenvalue weighted by Crippen LogP contribution is 2.24. The molecular weight excluding hydrogens is 363 g/mol. The molecule has 1 nitrogen and oxygen atoms in total. The van der Waals surface area contributed by atoms with Gasteiger partial charge in [-0.25, -0.2) is 0 Å². The third-order valence-corrected chi connectivity index (χ3v) is 5.57. The summed E-state index contributed by atoms with van der Waals surface area (Å²) in [7, 11) is 0. The first kappa shape index (κ1) is 21.0. The first-order valence-corrected chi connectivity index (χ1v) is 10.3. The zero-order valence-corrected chi connectivity index (χ0v) is 17.7. The maximum absolute atomic E-state index is 13.1. The van der Waals surface area contributed by atoms with E-state index in [0.717, 1.165) is 36.8 Å². The highest BCUT2D eigenvalue weighted by atomic mass is 35.5. The number of carbonyl (C=O) groups is 1. The highest BCUT2D eigenvalue weighted by Gasteiger charge is 2.15. The monoisotopic (exact) mass is 390 g/mol. The van der Waals surface area contributed by atoms with Crippen LogP contribution >= 0.6 is 23.2 Å². The van der Waals surface area contributed by atoms with Gasteiger partial charge in [0.15, 0.2) is 5.78 Å². The summed E-state index contributed by atoms with van der Waals surface area (Å²) in [5.74, 6) is 1.41. The van der Waals surface area contributed by atoms with Crippen molar-refractivity contribution in [2.45, 2.75) is 53.4 Å². The fourth-order valence-corrected chi connectivity index (χ4v) is 3.96. The summed E-state index contributed by atoms with van der Waals surface area (Å²) in [5, 5.41) is 0. The van der Waals surface area contributed by atoms with Crippen LogP contribution in [0.25, 0.3) is 0 Å². The summed E-state index contributed by atoms with van der Waals surface area (Å²) < 4.78 is 0. The van der Waals surface area contributed by atoms with Gasteiger partial charge < -0.3 is 0 Å². The summed E-state index contributed by atoms with van der Waals surface area (Å²) in [6, 6.07) is 8.08. The fraction of sp³-hybridized carbons (Fsp3) is 0.435. The molecule has 0 bridgehead atoms. The van der Waals surface area contributed by atoms with E-state index in [1.807, 2.05) is 24.3 Å². The van der Waals surface area contributed by atoms with Crippen molar-refractivity contribution in [1.82, 2.24) is 0 Å². The smallest absolute Gasteiger partial charge is 0.193 e. The van der Waals surface area contributed by atoms with Crippen LogP contribution in [0.15, 0.2) is 24.3 Å². The van der Waals surface area contributed by atoms with Gasteiger partial charge in [-0.1, -0.05) is 0 Å². The Bertz CT molecular complexity index is 681. The van der Waals surface area contributed by atoms with Crippen molar-refractivity contribution in [1.29, 1.82) is 0 Å². The third kappa shape index (κ3) is 4.90. The van der Waals surface area contributed by atoms with Crippen LogP contribution in [0.4, 0.5) is 0 Å². The van der Waals surface area contributed by atoms with Gasteiger partial charge in [0.25, 0.3) is 0 Å². The zero-order valence-electron chi connectivity index (χ0n) is 16.2. The minimum Gasteiger partial charge on any atom is -0.289 e. The molecule has 0 amide bonds. The lowest BCUT2D eigenvalue weighted by molar-refractivity contribution is 0.103. The molecule has 0 heterocycles. The molecular formula is C23H28Cl2O. The lowest BCUT2D eigenvalue weighted by Crippen LogP contribution is -2.07. The molecule has 3 heteroatoms. The molecule has 2 rings (SSSR count). The lowest BCUT2D eigenvalue weighted by atomic mass is 9.90. The molecule has 0 aromatic heterocycles. The quantitative estimate of drug-likeness (QED) is 0.371. The third-order valence-electron chi connectivity index (χ3n) is 5.04. The summed E-state index contributed by atoms with van der Waals surface area (Å²) in [6.45, 7) is 8.33. The molecule has 2 aromatic carbocycles. The number of hydrogen-bond acceptors (Lipinski definition) is 1. The van der Waals surface area contributed by atoms with Crippen LogP contribution < -0.4 is 0 Å². The van der Waals surface area contributed by atoms with Gasteiger partial charge in [0.2, 0.25) is 0 Å². The van der Waals surface area contributed by atoms with Gasteiger partial charge in [0.05, 0.1) is 0 Å². The molecule has 0 saturated carbocycles. The fourth-order valence-electron chi connectivity index (χ4n) is 3.69. The van der Waals surface area contributed by atoms with E-state index in [1.54, 1.807) is 0 Å². The molecule has 0 spiro atoms. The van der Waals surface area contributed by atoms with Crippen molar-refractivity contribution in [2.24, 2.45) is 0 Å². The van der Waals surface area contributed by atoms with Crippen molar-refractivity contribution in [3.8, 4) is 0 Å². The Morgan fingerprint density at radius 1 is 0.692 bits per heavy atom. The topological polar surface area (TPSA) is 17.1 Å². The second-order valence-electron chi connectivity index (χ2n) is 7.09. The Labute approximate surface area is 167 Å². The first-order chi connectivity index (χ1) is 12.4. The minimum absolute atomic E-state index is 0.0928. The molecule has 140 valence electrons. The Kier molecular flexibility index (Phi) is 7.73. The molecule has 2 aromatic rings. The van der Waals surface area contributed by atoms with Crippen molar-refractivity contribution in [3.05, 3.63) is 68.8 Å². The van der Waals surface area contributed by atoms with Gasteiger partial charge in [0, 0.05) is 22.9 Å². The zero-order chi connectivity index (χ0) is 19.3. The summed E-state index contributed by atoms with van der Waals surface area (Å²) in [6.07, 6.45) is 3.84. The molecule has 0 N–H and O–H groups in total. The van der Waals surface area contributed by atoms with Crippen molar-refractivity contribution < 1.29 is 4.79 Å². The Morgan fingerprint density at radius 2 is 1.00 bits per heavy atom. The lowest BCUT2D eigenvalue weighted by Gasteiger charge is -2.14. The van der Waals surface area contributed by atoms with Crippen LogP contribution in [0, 0.1) is 27.7 Å². The maximum atomic E-state index is 13.1. The Balaban J connectivity index is 2.34. The number of halogens is 2. The standard InChI is InChI=1S/C23H28Cl2O/c1-15-11-19(12-16(2)21(15)7-5-9-24)23(26)20-13-17(3)22(8-6-10-25)18(4)14-20/h11-14H,5-10H2,1-4H3. The van der Waals surface area contributed by atoms with Crippen molar-refractivity contribution >= 4 is 29.0 Å². The van der Waals surface area contributed by atoms with Gasteiger partial charge in [-0.3, -0.25) is 4.79 Å². The van der Waals surface area contributed by atoms with E-state index in [4.69, 9.17) is 23.2 Å². The average Bonchev–Trinajstić information content (AvgIpc) is 2.59. The SMILES string of the molecule is Cc1cc(C(=O)c2cc(C)c(CCCCl)c(C)c2)cc(C)c1CCCCl. The van der Waals surface area contributed by atoms with Gasteiger partial charge in [-0.15, -0.1) is 23.2 Å². The normalized spacial score (nSPS) is 11.0.